The minimum absolute atomic E-state index is 0.0475. The van der Waals surface area contributed by atoms with E-state index in [1.54, 1.807) is 18.2 Å². The van der Waals surface area contributed by atoms with Gasteiger partial charge in [0.2, 0.25) is 10.0 Å². The van der Waals surface area contributed by atoms with E-state index < -0.39 is 10.0 Å². The second-order valence-electron chi connectivity index (χ2n) is 6.43. The number of hydrogen-bond donors (Lipinski definition) is 1. The van der Waals surface area contributed by atoms with E-state index in [0.717, 1.165) is 24.8 Å². The molecule has 2 heterocycles. The van der Waals surface area contributed by atoms with Crippen LogP contribution in [0.2, 0.25) is 0 Å². The van der Waals surface area contributed by atoms with E-state index in [1.807, 2.05) is 11.0 Å². The lowest BCUT2D eigenvalue weighted by Crippen LogP contribution is -2.47. The minimum Gasteiger partial charge on any atom is -0.334 e. The molecule has 1 saturated heterocycles. The molecule has 0 saturated carbocycles. The molecule has 0 aromatic heterocycles. The van der Waals surface area contributed by atoms with Crippen molar-refractivity contribution in [2.24, 2.45) is 0 Å². The van der Waals surface area contributed by atoms with Crippen molar-refractivity contribution in [3.8, 4) is 0 Å². The Labute approximate surface area is 143 Å². The zero-order chi connectivity index (χ0) is 17.3. The first-order valence-electron chi connectivity index (χ1n) is 8.12. The molecule has 130 valence electrons. The number of carbonyl (C=O) groups is 1. The maximum absolute atomic E-state index is 12.5. The number of fused-ring (bicyclic) bond motifs is 2. The van der Waals surface area contributed by atoms with Gasteiger partial charge in [-0.05, 0) is 37.0 Å². The summed E-state index contributed by atoms with van der Waals surface area (Å²) in [4.78, 5) is 14.4. The van der Waals surface area contributed by atoms with Crippen molar-refractivity contribution in [2.75, 3.05) is 17.6 Å². The van der Waals surface area contributed by atoms with Gasteiger partial charge in [-0.1, -0.05) is 24.3 Å². The molecule has 2 amide bonds. The highest BCUT2D eigenvalue weighted by Gasteiger charge is 2.36. The summed E-state index contributed by atoms with van der Waals surface area (Å²) in [6, 6.07) is 7.67. The normalized spacial score (nSPS) is 22.5. The Bertz CT molecular complexity index is 760. The van der Waals surface area contributed by atoms with Gasteiger partial charge in [-0.2, -0.15) is 0 Å². The van der Waals surface area contributed by atoms with Crippen molar-refractivity contribution in [3.63, 3.8) is 0 Å². The van der Waals surface area contributed by atoms with E-state index in [1.165, 1.54) is 17.6 Å². The van der Waals surface area contributed by atoms with Gasteiger partial charge in [0.1, 0.15) is 0 Å². The molecule has 1 N–H and O–H groups in total. The Balaban J connectivity index is 1.65. The van der Waals surface area contributed by atoms with Gasteiger partial charge in [0.25, 0.3) is 0 Å². The van der Waals surface area contributed by atoms with Crippen LogP contribution in [-0.2, 0) is 16.6 Å². The van der Waals surface area contributed by atoms with Crippen molar-refractivity contribution in [2.45, 2.75) is 37.9 Å². The van der Waals surface area contributed by atoms with Gasteiger partial charge in [0.15, 0.2) is 0 Å². The maximum Gasteiger partial charge on any atom is 0.318 e. The van der Waals surface area contributed by atoms with Gasteiger partial charge in [-0.25, -0.2) is 13.2 Å². The first-order chi connectivity index (χ1) is 11.4. The van der Waals surface area contributed by atoms with Crippen LogP contribution < -0.4 is 9.62 Å². The molecule has 1 aromatic rings. The fourth-order valence-electron chi connectivity index (χ4n) is 3.36. The molecule has 2 atom stereocenters. The van der Waals surface area contributed by atoms with Crippen LogP contribution in [0.5, 0.6) is 0 Å². The molecule has 1 aromatic carbocycles. The molecule has 0 radical (unpaired) electrons. The molecule has 3 rings (SSSR count). The highest BCUT2D eigenvalue weighted by Crippen LogP contribution is 2.31. The summed E-state index contributed by atoms with van der Waals surface area (Å²) < 4.78 is 24.5. The largest absolute Gasteiger partial charge is 0.334 e. The summed E-state index contributed by atoms with van der Waals surface area (Å²) in [6.07, 6.45) is 8.46. The highest BCUT2D eigenvalue weighted by molar-refractivity contribution is 7.92. The van der Waals surface area contributed by atoms with Crippen LogP contribution in [0.15, 0.2) is 36.4 Å². The molecule has 0 aliphatic carbocycles. The predicted octanol–water partition coefficient (Wildman–Crippen LogP) is 2.08. The molecule has 2 bridgehead atoms. The SMILES string of the molecule is CN(c1cccc(CNC(=O)N2C3C=CCC2CC3)c1)S(C)(=O)=O. The standard InChI is InChI=1S/C17H23N3O3S/c1-19(24(2,22)23)16-8-3-5-13(11-16)12-18-17(21)20-14-6-4-7-15(20)10-9-14/h3-6,8,11,14-15H,7,9-10,12H2,1-2H3,(H,18,21). The number of nitrogens with zero attached hydrogens (tertiary/aromatic N) is 2. The lowest BCUT2D eigenvalue weighted by atomic mass is 10.1. The van der Waals surface area contributed by atoms with Crippen LogP contribution in [0.1, 0.15) is 24.8 Å². The average Bonchev–Trinajstić information content (AvgIpc) is 2.80. The van der Waals surface area contributed by atoms with Crippen molar-refractivity contribution in [1.82, 2.24) is 10.2 Å². The van der Waals surface area contributed by atoms with E-state index in [4.69, 9.17) is 0 Å². The molecule has 2 aliphatic heterocycles. The van der Waals surface area contributed by atoms with Crippen LogP contribution in [0.3, 0.4) is 0 Å². The monoisotopic (exact) mass is 349 g/mol. The van der Waals surface area contributed by atoms with Crippen LogP contribution in [0.4, 0.5) is 10.5 Å². The summed E-state index contributed by atoms with van der Waals surface area (Å²) in [5.41, 5.74) is 1.46. The zero-order valence-corrected chi connectivity index (χ0v) is 14.8. The molecule has 7 heteroatoms. The van der Waals surface area contributed by atoms with Crippen LogP contribution >= 0.6 is 0 Å². The Hall–Kier alpha value is -2.02. The van der Waals surface area contributed by atoms with Crippen molar-refractivity contribution < 1.29 is 13.2 Å². The lowest BCUT2D eigenvalue weighted by molar-refractivity contribution is 0.178. The molecule has 0 spiro atoms. The molecule has 6 nitrogen and oxygen atoms in total. The summed E-state index contributed by atoms with van der Waals surface area (Å²) in [5, 5.41) is 2.96. The molecular formula is C17H23N3O3S. The van der Waals surface area contributed by atoms with Crippen LogP contribution in [0.25, 0.3) is 0 Å². The third-order valence-electron chi connectivity index (χ3n) is 4.76. The van der Waals surface area contributed by atoms with E-state index in [-0.39, 0.29) is 12.1 Å². The van der Waals surface area contributed by atoms with Crippen molar-refractivity contribution >= 4 is 21.7 Å². The first kappa shape index (κ1) is 16.8. The van der Waals surface area contributed by atoms with E-state index in [9.17, 15) is 13.2 Å². The smallest absolute Gasteiger partial charge is 0.318 e. The summed E-state index contributed by atoms with van der Waals surface area (Å²) >= 11 is 0. The molecule has 24 heavy (non-hydrogen) atoms. The Kier molecular flexibility index (Phi) is 4.54. The molecule has 2 aliphatic rings. The number of sulfonamides is 1. The highest BCUT2D eigenvalue weighted by atomic mass is 32.2. The number of rotatable bonds is 4. The summed E-state index contributed by atoms with van der Waals surface area (Å²) in [7, 11) is -1.78. The Morgan fingerprint density at radius 2 is 2.17 bits per heavy atom. The van der Waals surface area contributed by atoms with Crippen molar-refractivity contribution in [3.05, 3.63) is 42.0 Å². The summed E-state index contributed by atoms with van der Waals surface area (Å²) in [6.45, 7) is 0.379. The van der Waals surface area contributed by atoms with E-state index >= 15 is 0 Å². The van der Waals surface area contributed by atoms with Crippen LogP contribution in [0, 0.1) is 0 Å². The predicted molar refractivity (Wildman–Crippen MR) is 94.3 cm³/mol. The average molecular weight is 349 g/mol. The third kappa shape index (κ3) is 3.40. The number of urea groups is 1. The quantitative estimate of drug-likeness (QED) is 0.846. The topological polar surface area (TPSA) is 69.7 Å². The second-order valence-corrected chi connectivity index (χ2v) is 8.44. The second kappa shape index (κ2) is 6.47. The number of carbonyl (C=O) groups excluding carboxylic acids is 1. The first-order valence-corrected chi connectivity index (χ1v) is 9.97. The molecule has 1 fully saturated rings. The van der Waals surface area contributed by atoms with Crippen molar-refractivity contribution in [1.29, 1.82) is 0 Å². The number of anilines is 1. The fourth-order valence-corrected chi connectivity index (χ4v) is 3.86. The van der Waals surface area contributed by atoms with Gasteiger partial charge < -0.3 is 10.2 Å². The lowest BCUT2D eigenvalue weighted by Gasteiger charge is -2.31. The van der Waals surface area contributed by atoms with Gasteiger partial charge in [-0.3, -0.25) is 4.31 Å². The maximum atomic E-state index is 12.5. The van der Waals surface area contributed by atoms with Gasteiger partial charge in [0.05, 0.1) is 18.0 Å². The van der Waals surface area contributed by atoms with Crippen LogP contribution in [-0.4, -0.2) is 44.7 Å². The number of benzene rings is 1. The Morgan fingerprint density at radius 1 is 1.38 bits per heavy atom. The number of hydrogen-bond acceptors (Lipinski definition) is 3. The number of nitrogens with one attached hydrogen (secondary N) is 1. The molecular weight excluding hydrogens is 326 g/mol. The van der Waals surface area contributed by atoms with Gasteiger partial charge in [0, 0.05) is 19.6 Å². The third-order valence-corrected chi connectivity index (χ3v) is 5.97. The van der Waals surface area contributed by atoms with E-state index in [2.05, 4.69) is 17.5 Å². The minimum atomic E-state index is -3.30. The Morgan fingerprint density at radius 3 is 2.88 bits per heavy atom. The molecule has 2 unspecified atom stereocenters. The van der Waals surface area contributed by atoms with Gasteiger partial charge >= 0.3 is 6.03 Å². The zero-order valence-electron chi connectivity index (χ0n) is 14.0. The van der Waals surface area contributed by atoms with E-state index in [0.29, 0.717) is 18.3 Å². The fraction of sp³-hybridized carbons (Fsp3) is 0.471. The summed E-state index contributed by atoms with van der Waals surface area (Å²) in [5.74, 6) is 0. The number of amides is 2. The van der Waals surface area contributed by atoms with Gasteiger partial charge in [-0.15, -0.1) is 0 Å².